The van der Waals surface area contributed by atoms with Crippen LogP contribution in [0.1, 0.15) is 26.7 Å². The molecule has 0 aromatic carbocycles. The molecule has 0 aliphatic carbocycles. The Balaban J connectivity index is 0. The number of amides is 1. The molecular weight excluding hydrogens is 480 g/mol. The van der Waals surface area contributed by atoms with E-state index in [1.165, 1.54) is 14.0 Å². The topological polar surface area (TPSA) is 29.1 Å². The fourth-order valence-corrected chi connectivity index (χ4v) is 5.96. The Morgan fingerprint density at radius 3 is 0.977 bits per heavy atom. The van der Waals surface area contributed by atoms with Gasteiger partial charge in [0.05, 0.1) is 0 Å². The Kier molecular flexibility index (Phi) is 26.1. The van der Waals surface area contributed by atoms with E-state index in [4.69, 9.17) is 139 Å². The first-order valence-electron chi connectivity index (χ1n) is 14.3. The average molecular weight is 494 g/mol. The highest BCUT2D eigenvalue weighted by Crippen LogP contribution is 2.16. The molecule has 0 aliphatic rings. The van der Waals surface area contributed by atoms with E-state index in [9.17, 15) is 4.79 Å². The quantitative estimate of drug-likeness (QED) is 0.141. The van der Waals surface area contributed by atoms with Crippen molar-refractivity contribution in [3.8, 4) is 0 Å². The molecule has 2 nitrogen and oxygen atoms in total. The third kappa shape index (κ3) is 16.1. The van der Waals surface area contributed by atoms with E-state index in [2.05, 4.69) is 12.2 Å². The molecule has 0 saturated heterocycles. The van der Waals surface area contributed by atoms with Gasteiger partial charge in [-0.3, -0.25) is 4.79 Å². The third-order valence-corrected chi connectivity index (χ3v) is 7.79. The lowest BCUT2D eigenvalue weighted by atomic mass is 8.29. The molecule has 0 rings (SSSR count). The summed E-state index contributed by atoms with van der Waals surface area (Å²) >= 11 is 0. The van der Waals surface area contributed by atoms with Crippen LogP contribution >= 0.6 is 0 Å². The van der Waals surface area contributed by atoms with Crippen molar-refractivity contribution in [3.05, 3.63) is 0 Å². The molecule has 37 heteroatoms. The van der Waals surface area contributed by atoms with Gasteiger partial charge in [-0.2, -0.15) is 0 Å². The number of carbonyl (C=O) groups excluding carboxylic acids is 1. The SMILES string of the molecule is CCCCNC(C)=O.[B][B]B([B])B(B(B([B])[B])B([B])[B])B(B(B([B])[B])B([B])[B])B(B(B([B])[B])B([B])[B])B(B([B])[B])B([B])[B]. The molecule has 43 heavy (non-hydrogen) atoms. The standard InChI is InChI=1S/C6H13NO.B35/c1-3-4-5-7-6(2)8;1-19-28(18)33(29(20(2)3)21(4)5)35(32(26(14)15)27(16)17)34(30(22(6)7)23(8)9)31(24(10)11)25(12)13/h3-5H2,1-2H3,(H,7,8);. The van der Waals surface area contributed by atoms with E-state index >= 15 is 0 Å². The molecule has 0 heterocycles. The normalized spacial score (nSPS) is 9.35. The number of rotatable bonds is 19. The second kappa shape index (κ2) is 24.0. The molecule has 0 aromatic rings. The Morgan fingerprint density at radius 2 is 0.767 bits per heavy atom. The molecule has 0 bridgehead atoms. The van der Waals surface area contributed by atoms with Gasteiger partial charge in [0.2, 0.25) is 5.91 Å². The zero-order chi connectivity index (χ0) is 34.4. The van der Waals surface area contributed by atoms with Crippen LogP contribution in [0.4, 0.5) is 0 Å². The number of nitrogens with one attached hydrogen (secondary N) is 1. The first-order valence-corrected chi connectivity index (χ1v) is 14.3. The van der Waals surface area contributed by atoms with Gasteiger partial charge in [-0.15, -0.1) is 0 Å². The van der Waals surface area contributed by atoms with Gasteiger partial charge in [0.25, 0.3) is 0 Å². The summed E-state index contributed by atoms with van der Waals surface area (Å²) in [7, 11) is 112. The zero-order valence-electron chi connectivity index (χ0n) is 25.7. The van der Waals surface area contributed by atoms with Crippen LogP contribution in [-0.2, 0) is 4.79 Å². The van der Waals surface area contributed by atoms with Gasteiger partial charge < -0.3 is 5.32 Å². The van der Waals surface area contributed by atoms with E-state index in [1.54, 1.807) is 0 Å². The lowest BCUT2D eigenvalue weighted by Gasteiger charge is -2.52. The van der Waals surface area contributed by atoms with Crippen LogP contribution in [0.2, 0.25) is 0 Å². The molecule has 0 aliphatic heterocycles. The molecule has 0 saturated carbocycles. The van der Waals surface area contributed by atoms with Gasteiger partial charge in [-0.25, -0.2) is 0 Å². The van der Waals surface area contributed by atoms with Crippen molar-refractivity contribution in [1.29, 1.82) is 0 Å². The van der Waals surface area contributed by atoms with Crippen molar-refractivity contribution in [2.24, 2.45) is 0 Å². The van der Waals surface area contributed by atoms with Crippen molar-refractivity contribution >= 4 is 254 Å². The van der Waals surface area contributed by atoms with E-state index in [1.807, 2.05) is 0 Å². The second-order valence-corrected chi connectivity index (χ2v) is 11.3. The second-order valence-electron chi connectivity index (χ2n) is 11.3. The minimum atomic E-state index is -1.13. The van der Waals surface area contributed by atoms with Crippen LogP contribution in [0.25, 0.3) is 0 Å². The zero-order valence-corrected chi connectivity index (χ0v) is 25.7. The van der Waals surface area contributed by atoms with E-state index < -0.39 is 102 Å². The Labute approximate surface area is 296 Å². The molecular formula is C6H13B35NO. The van der Waals surface area contributed by atoms with Crippen molar-refractivity contribution in [3.63, 3.8) is 0 Å². The molecule has 1 amide bonds. The summed E-state index contributed by atoms with van der Waals surface area (Å²) in [6.07, 6.45) is -14.2. The number of hydrogen-bond donors (Lipinski definition) is 1. The third-order valence-electron chi connectivity index (χ3n) is 7.79. The summed E-state index contributed by atoms with van der Waals surface area (Å²) in [4.78, 5) is 10.2. The van der Waals surface area contributed by atoms with Crippen molar-refractivity contribution in [2.75, 3.05) is 6.54 Å². The van der Waals surface area contributed by atoms with Crippen LogP contribution in [0, 0.1) is 0 Å². The van der Waals surface area contributed by atoms with Gasteiger partial charge in [0.15, 0.2) is 0 Å². The predicted molar refractivity (Wildman–Crippen MR) is 235 cm³/mol. The fraction of sp³-hybridized carbons (Fsp3) is 0.833. The Bertz CT molecular complexity index is 660. The molecule has 1 N–H and O–H groups in total. The van der Waals surface area contributed by atoms with Crippen LogP contribution in [-0.4, -0.2) is 261 Å². The van der Waals surface area contributed by atoms with Crippen LogP contribution in [0.15, 0.2) is 0 Å². The summed E-state index contributed by atoms with van der Waals surface area (Å²) in [5.41, 5.74) is 0. The minimum absolute atomic E-state index is 0.0680. The summed E-state index contributed by atoms with van der Waals surface area (Å²) in [5, 5.41) is 2.71. The smallest absolute Gasteiger partial charge is 0.216 e. The van der Waals surface area contributed by atoms with E-state index in [-0.39, 0.29) is 5.91 Å². The number of hydrogen-bond acceptors (Lipinski definition) is 1. The molecule has 0 unspecified atom stereocenters. The predicted octanol–water partition coefficient (Wildman–Crippen LogP) is -12.4. The lowest BCUT2D eigenvalue weighted by molar-refractivity contribution is -0.118. The van der Waals surface area contributed by atoms with E-state index in [0.717, 1.165) is 19.4 Å². The van der Waals surface area contributed by atoms with Crippen LogP contribution < -0.4 is 5.32 Å². The Hall–Kier alpha value is 1.74. The minimum Gasteiger partial charge on any atom is -0.356 e. The lowest BCUT2D eigenvalue weighted by Crippen LogP contribution is -2.90. The summed E-state index contributed by atoms with van der Waals surface area (Å²) < 4.78 is 0. The molecule has 0 fully saturated rings. The summed E-state index contributed by atoms with van der Waals surface area (Å²) in [6, 6.07) is 0. The van der Waals surface area contributed by atoms with Crippen molar-refractivity contribution in [2.45, 2.75) is 26.7 Å². The molecule has 37 radical (unpaired) electrons. The maximum atomic E-state index is 10.2. The van der Waals surface area contributed by atoms with Crippen LogP contribution in [0.3, 0.4) is 0 Å². The number of carbonyl (C=O) groups is 1. The van der Waals surface area contributed by atoms with Crippen LogP contribution in [0.5, 0.6) is 0 Å². The monoisotopic (exact) mass is 500 g/mol. The largest absolute Gasteiger partial charge is 0.356 e. The van der Waals surface area contributed by atoms with Crippen molar-refractivity contribution in [1.82, 2.24) is 5.32 Å². The molecule has 0 aromatic heterocycles. The van der Waals surface area contributed by atoms with Gasteiger partial charge in [0.1, 0.15) is 0 Å². The van der Waals surface area contributed by atoms with Gasteiger partial charge in [0, 0.05) is 262 Å². The Morgan fingerprint density at radius 1 is 0.512 bits per heavy atom. The molecule has 0 atom stereocenters. The fourth-order valence-electron chi connectivity index (χ4n) is 5.96. The average Bonchev–Trinajstić information content (AvgIpc) is 2.83. The first-order chi connectivity index (χ1) is 19.7. The molecule has 0 spiro atoms. The van der Waals surface area contributed by atoms with Gasteiger partial charge in [-0.1, -0.05) is 13.3 Å². The maximum absolute atomic E-state index is 10.2. The van der Waals surface area contributed by atoms with Gasteiger partial charge in [-0.05, 0) is 6.42 Å². The van der Waals surface area contributed by atoms with Crippen molar-refractivity contribution < 1.29 is 4.79 Å². The first kappa shape index (κ1) is 46.9. The summed E-state index contributed by atoms with van der Waals surface area (Å²) in [6.45, 7) is 4.46. The summed E-state index contributed by atoms with van der Waals surface area (Å²) in [5.74, 6) is 0.0680. The molecule has 153 valence electrons. The highest BCUT2D eigenvalue weighted by Gasteiger charge is 2.54. The number of unbranched alkanes of at least 4 members (excludes halogenated alkanes) is 1. The van der Waals surface area contributed by atoms with Gasteiger partial charge >= 0.3 is 0 Å². The highest BCUT2D eigenvalue weighted by atomic mass is 16.1. The maximum Gasteiger partial charge on any atom is 0.216 e. The highest BCUT2D eigenvalue weighted by molar-refractivity contribution is 8.30. The van der Waals surface area contributed by atoms with E-state index in [0.29, 0.717) is 0 Å².